The van der Waals surface area contributed by atoms with E-state index in [-0.39, 0.29) is 18.6 Å². The van der Waals surface area contributed by atoms with Crippen LogP contribution in [-0.4, -0.2) is 46.6 Å². The maximum Gasteiger partial charge on any atom is 0.239 e. The molecule has 1 aliphatic heterocycles. The van der Waals surface area contributed by atoms with Gasteiger partial charge in [-0.15, -0.1) is 0 Å². The number of nitrogens with zero attached hydrogens (tertiary/aromatic N) is 2. The zero-order valence-electron chi connectivity index (χ0n) is 11.4. The lowest BCUT2D eigenvalue weighted by Crippen LogP contribution is -2.42. The van der Waals surface area contributed by atoms with Crippen molar-refractivity contribution in [2.24, 2.45) is 0 Å². The Morgan fingerprint density at radius 3 is 3.00 bits per heavy atom. The Morgan fingerprint density at radius 1 is 1.45 bits per heavy atom. The highest BCUT2D eigenvalue weighted by Crippen LogP contribution is 2.16. The van der Waals surface area contributed by atoms with Crippen LogP contribution in [0.1, 0.15) is 25.7 Å². The van der Waals surface area contributed by atoms with Crippen molar-refractivity contribution < 1.29 is 9.90 Å². The number of anilines is 1. The van der Waals surface area contributed by atoms with Crippen LogP contribution in [0.5, 0.6) is 0 Å². The summed E-state index contributed by atoms with van der Waals surface area (Å²) in [5, 5.41) is 12.2. The second kappa shape index (κ2) is 7.71. The van der Waals surface area contributed by atoms with Gasteiger partial charge in [0, 0.05) is 16.7 Å². The first kappa shape index (κ1) is 15.4. The first-order valence-corrected chi connectivity index (χ1v) is 7.74. The van der Waals surface area contributed by atoms with Crippen LogP contribution < -0.4 is 5.32 Å². The molecule has 0 aliphatic carbocycles. The molecule has 1 aliphatic rings. The predicted octanol–water partition coefficient (Wildman–Crippen LogP) is 2.02. The number of hydrogen-bond acceptors (Lipinski definition) is 4. The van der Waals surface area contributed by atoms with Crippen LogP contribution in [0.15, 0.2) is 22.8 Å². The fourth-order valence-electron chi connectivity index (χ4n) is 2.47. The topological polar surface area (TPSA) is 65.5 Å². The number of nitrogens with one attached hydrogen (secondary N) is 1. The summed E-state index contributed by atoms with van der Waals surface area (Å²) < 4.78 is 0.878. The second-order valence-corrected chi connectivity index (χ2v) is 5.98. The third-order valence-electron chi connectivity index (χ3n) is 3.55. The molecule has 2 N–H and O–H groups in total. The van der Waals surface area contributed by atoms with Crippen LogP contribution in [0.4, 0.5) is 5.82 Å². The van der Waals surface area contributed by atoms with Gasteiger partial charge in [-0.25, -0.2) is 4.98 Å². The highest BCUT2D eigenvalue weighted by Gasteiger charge is 2.22. The molecule has 110 valence electrons. The van der Waals surface area contributed by atoms with Gasteiger partial charge in [0.15, 0.2) is 0 Å². The van der Waals surface area contributed by atoms with Crippen LogP contribution in [0.25, 0.3) is 0 Å². The van der Waals surface area contributed by atoms with Crippen molar-refractivity contribution in [3.63, 3.8) is 0 Å². The summed E-state index contributed by atoms with van der Waals surface area (Å²) in [6, 6.07) is 3.69. The summed E-state index contributed by atoms with van der Waals surface area (Å²) in [6.45, 7) is 1.29. The first-order chi connectivity index (χ1) is 9.69. The van der Waals surface area contributed by atoms with Gasteiger partial charge in [-0.05, 0) is 47.4 Å². The molecule has 20 heavy (non-hydrogen) atoms. The number of likely N-dealkylation sites (tertiary alicyclic amines) is 1. The van der Waals surface area contributed by atoms with Gasteiger partial charge >= 0.3 is 0 Å². The van der Waals surface area contributed by atoms with E-state index in [1.54, 1.807) is 12.3 Å². The fraction of sp³-hybridized carbons (Fsp3) is 0.571. The molecule has 1 fully saturated rings. The molecule has 6 heteroatoms. The van der Waals surface area contributed by atoms with E-state index in [9.17, 15) is 9.90 Å². The molecule has 1 amide bonds. The van der Waals surface area contributed by atoms with Crippen molar-refractivity contribution in [2.75, 3.05) is 25.0 Å². The number of halogens is 1. The van der Waals surface area contributed by atoms with E-state index in [0.717, 1.165) is 30.3 Å². The lowest BCUT2D eigenvalue weighted by atomic mass is 10.1. The van der Waals surface area contributed by atoms with Gasteiger partial charge in [0.2, 0.25) is 5.91 Å². The van der Waals surface area contributed by atoms with Gasteiger partial charge in [0.05, 0.1) is 13.2 Å². The molecule has 0 spiro atoms. The third kappa shape index (κ3) is 4.54. The summed E-state index contributed by atoms with van der Waals surface area (Å²) in [4.78, 5) is 18.2. The SMILES string of the molecule is O=C(CN1CCCCCC1CO)Nc1ccc(Br)cn1. The maximum atomic E-state index is 12.1. The fourth-order valence-corrected chi connectivity index (χ4v) is 2.70. The van der Waals surface area contributed by atoms with Gasteiger partial charge < -0.3 is 10.4 Å². The molecule has 1 atom stereocenters. The van der Waals surface area contributed by atoms with Crippen LogP contribution >= 0.6 is 15.9 Å². The normalized spacial score (nSPS) is 20.4. The Labute approximate surface area is 127 Å². The molecule has 1 aromatic rings. The molecule has 2 heterocycles. The van der Waals surface area contributed by atoms with Crippen LogP contribution in [0.2, 0.25) is 0 Å². The Balaban J connectivity index is 1.90. The number of aliphatic hydroxyl groups excluding tert-OH is 1. The van der Waals surface area contributed by atoms with Crippen molar-refractivity contribution in [3.05, 3.63) is 22.8 Å². The van der Waals surface area contributed by atoms with Crippen molar-refractivity contribution in [2.45, 2.75) is 31.7 Å². The van der Waals surface area contributed by atoms with Crippen LogP contribution in [0.3, 0.4) is 0 Å². The molecular weight excluding hydrogens is 322 g/mol. The predicted molar refractivity (Wildman–Crippen MR) is 81.5 cm³/mol. The van der Waals surface area contributed by atoms with Crippen molar-refractivity contribution in [3.8, 4) is 0 Å². The molecule has 0 saturated carbocycles. The van der Waals surface area contributed by atoms with E-state index in [1.807, 2.05) is 6.07 Å². The summed E-state index contributed by atoms with van der Waals surface area (Å²) in [6.07, 6.45) is 5.99. The Morgan fingerprint density at radius 2 is 2.30 bits per heavy atom. The number of carbonyl (C=O) groups excluding carboxylic acids is 1. The molecule has 0 aromatic carbocycles. The lowest BCUT2D eigenvalue weighted by molar-refractivity contribution is -0.118. The van der Waals surface area contributed by atoms with Crippen LogP contribution in [0, 0.1) is 0 Å². The van der Waals surface area contributed by atoms with Gasteiger partial charge in [0.1, 0.15) is 5.82 Å². The van der Waals surface area contributed by atoms with E-state index in [0.29, 0.717) is 12.4 Å². The Bertz CT molecular complexity index is 439. The number of rotatable bonds is 4. The first-order valence-electron chi connectivity index (χ1n) is 6.95. The third-order valence-corrected chi connectivity index (χ3v) is 4.02. The standard InChI is InChI=1S/C14H20BrN3O2/c15-11-5-6-13(16-8-11)17-14(20)9-18-7-3-1-2-4-12(18)10-19/h5-6,8,12,19H,1-4,7,9-10H2,(H,16,17,20). The zero-order chi connectivity index (χ0) is 14.4. The number of carbonyl (C=O) groups is 1. The van der Waals surface area contributed by atoms with E-state index < -0.39 is 0 Å². The molecule has 0 bridgehead atoms. The minimum atomic E-state index is -0.0832. The molecule has 5 nitrogen and oxygen atoms in total. The van der Waals surface area contributed by atoms with Gasteiger partial charge in [-0.2, -0.15) is 0 Å². The number of hydrogen-bond donors (Lipinski definition) is 2. The summed E-state index contributed by atoms with van der Waals surface area (Å²) in [5.41, 5.74) is 0. The van der Waals surface area contributed by atoms with Crippen molar-refractivity contribution in [1.29, 1.82) is 0 Å². The number of aliphatic hydroxyl groups is 1. The Hall–Kier alpha value is -0.980. The Kier molecular flexibility index (Phi) is 5.94. The minimum Gasteiger partial charge on any atom is -0.395 e. The van der Waals surface area contributed by atoms with Crippen molar-refractivity contribution in [1.82, 2.24) is 9.88 Å². The summed E-state index contributed by atoms with van der Waals surface area (Å²) in [7, 11) is 0. The van der Waals surface area contributed by atoms with E-state index in [4.69, 9.17) is 0 Å². The van der Waals surface area contributed by atoms with Gasteiger partial charge in [0.25, 0.3) is 0 Å². The molecule has 1 saturated heterocycles. The van der Waals surface area contributed by atoms with E-state index in [1.165, 1.54) is 6.42 Å². The smallest absolute Gasteiger partial charge is 0.239 e. The van der Waals surface area contributed by atoms with E-state index in [2.05, 4.69) is 31.1 Å². The average Bonchev–Trinajstić information content (AvgIpc) is 2.66. The molecule has 0 radical (unpaired) electrons. The van der Waals surface area contributed by atoms with Crippen LogP contribution in [-0.2, 0) is 4.79 Å². The number of pyridine rings is 1. The average molecular weight is 342 g/mol. The maximum absolute atomic E-state index is 12.1. The molecular formula is C14H20BrN3O2. The van der Waals surface area contributed by atoms with E-state index >= 15 is 0 Å². The number of aromatic nitrogens is 1. The highest BCUT2D eigenvalue weighted by atomic mass is 79.9. The lowest BCUT2D eigenvalue weighted by Gasteiger charge is -2.27. The molecule has 1 unspecified atom stereocenters. The monoisotopic (exact) mass is 341 g/mol. The van der Waals surface area contributed by atoms with Gasteiger partial charge in [-0.3, -0.25) is 9.69 Å². The summed E-state index contributed by atoms with van der Waals surface area (Å²) in [5.74, 6) is 0.466. The van der Waals surface area contributed by atoms with Gasteiger partial charge in [-0.1, -0.05) is 12.8 Å². The quantitative estimate of drug-likeness (QED) is 0.879. The van der Waals surface area contributed by atoms with Crippen molar-refractivity contribution >= 4 is 27.7 Å². The zero-order valence-corrected chi connectivity index (χ0v) is 13.0. The summed E-state index contributed by atoms with van der Waals surface area (Å²) >= 11 is 3.31. The second-order valence-electron chi connectivity index (χ2n) is 5.07. The molecule has 1 aromatic heterocycles. The highest BCUT2D eigenvalue weighted by molar-refractivity contribution is 9.10. The largest absolute Gasteiger partial charge is 0.395 e. The minimum absolute atomic E-state index is 0.0832. The molecule has 2 rings (SSSR count). The number of amides is 1.